The Bertz CT molecular complexity index is 1120. The summed E-state index contributed by atoms with van der Waals surface area (Å²) in [7, 11) is 4.17. The number of carbonyl (C=O) groups is 7. The highest BCUT2D eigenvalue weighted by Gasteiger charge is 2.17. The number of hydrogen-bond donors (Lipinski definition) is 6. The van der Waals surface area contributed by atoms with Crippen molar-refractivity contribution < 1.29 is 38.7 Å². The van der Waals surface area contributed by atoms with E-state index in [4.69, 9.17) is 25.2 Å². The van der Waals surface area contributed by atoms with Crippen molar-refractivity contribution in [1.82, 2.24) is 5.32 Å². The van der Waals surface area contributed by atoms with Gasteiger partial charge in [-0.1, -0.05) is 129 Å². The number of primary amides is 3. The van der Waals surface area contributed by atoms with Gasteiger partial charge in [-0.25, -0.2) is 0 Å². The molecule has 0 bridgehead atoms. The highest BCUT2D eigenvalue weighted by Crippen LogP contribution is 2.11. The third kappa shape index (κ3) is 59.5. The van der Waals surface area contributed by atoms with E-state index in [1.165, 1.54) is 18.1 Å². The second-order valence-corrected chi connectivity index (χ2v) is 10.3. The number of nitrogens with one attached hydrogen (secondary N) is 2. The van der Waals surface area contributed by atoms with E-state index in [2.05, 4.69) is 49.0 Å². The van der Waals surface area contributed by atoms with E-state index in [9.17, 15) is 19.2 Å². The minimum absolute atomic E-state index is 0.0799. The Morgan fingerprint density at radius 3 is 1.47 bits per heavy atom. The van der Waals surface area contributed by atoms with E-state index in [1.807, 2.05) is 112 Å². The molecule has 0 heterocycles. The zero-order valence-corrected chi connectivity index (χ0v) is 34.3. The molecular formula is C39H70BN5O8. The maximum Gasteiger partial charge on any atom is 0.290 e. The number of amides is 5. The average Bonchev–Trinajstić information content (AvgIpc) is 3.12. The Labute approximate surface area is 321 Å². The lowest BCUT2D eigenvalue weighted by atomic mass is 10.0. The number of carboxylic acid groups (broad SMARTS) is 1. The number of carbonyl (C=O) groups excluding carboxylic acids is 6. The van der Waals surface area contributed by atoms with Crippen molar-refractivity contribution in [3.8, 4) is 0 Å². The van der Waals surface area contributed by atoms with E-state index >= 15 is 0 Å². The standard InChI is InChI=1S/C12H17NO.C11H22N2O2.C7H8.C2H5NO.2C2H6.CHBO.CH3NO.CH2O2/c1-4-10(3)12(14)13-11-7-5-9(2)6-8-11;1-4-6-9(11(12)15)13-10(14)7-8(3)5-2;1-7-5-3-2-4-6-7;1-2(3)4;2*1-2;3*2-1-3/h5-8,10H,4H2,1-3H3,(H,13,14);8-9H,4-7H2,1-3H3,(H2,12,15)(H,13,14);2-6H,1H3;1H3,(H2,3,4);2*1-2H3;1H;1H,(H2,2,3);1H,(H,2,3). The molecule has 5 amide bonds. The van der Waals surface area contributed by atoms with Crippen molar-refractivity contribution in [3.05, 3.63) is 65.7 Å². The minimum atomic E-state index is -0.508. The second kappa shape index (κ2) is 51.4. The van der Waals surface area contributed by atoms with Crippen LogP contribution < -0.4 is 27.8 Å². The molecule has 0 aliphatic heterocycles. The summed E-state index contributed by atoms with van der Waals surface area (Å²) >= 11 is 0. The highest BCUT2D eigenvalue weighted by atomic mass is 16.3. The predicted octanol–water partition coefficient (Wildman–Crippen LogP) is 5.86. The van der Waals surface area contributed by atoms with Crippen LogP contribution in [0, 0.1) is 25.7 Å². The van der Waals surface area contributed by atoms with Crippen LogP contribution in [0.25, 0.3) is 0 Å². The summed E-state index contributed by atoms with van der Waals surface area (Å²) in [5.74, 6) is -0.344. The van der Waals surface area contributed by atoms with E-state index in [1.54, 1.807) is 0 Å². The van der Waals surface area contributed by atoms with E-state index in [-0.39, 0.29) is 42.7 Å². The average molecular weight is 748 g/mol. The summed E-state index contributed by atoms with van der Waals surface area (Å²) < 4.78 is 0. The van der Waals surface area contributed by atoms with Gasteiger partial charge in [-0.15, -0.1) is 0 Å². The number of benzene rings is 2. The fourth-order valence-electron chi connectivity index (χ4n) is 2.91. The van der Waals surface area contributed by atoms with Gasteiger partial charge in [-0.05, 0) is 44.7 Å². The summed E-state index contributed by atoms with van der Waals surface area (Å²) in [5.41, 5.74) is 17.2. The molecule has 3 unspecified atom stereocenters. The van der Waals surface area contributed by atoms with Gasteiger partial charge in [-0.3, -0.25) is 28.8 Å². The largest absolute Gasteiger partial charge is 0.483 e. The Kier molecular flexibility index (Phi) is 61.1. The minimum Gasteiger partial charge on any atom is -0.483 e. The van der Waals surface area contributed by atoms with Gasteiger partial charge in [0, 0.05) is 24.9 Å². The first kappa shape index (κ1) is 63.1. The summed E-state index contributed by atoms with van der Waals surface area (Å²) in [5, 5.41) is 12.4. The molecule has 9 N–H and O–H groups in total. The molecule has 0 aromatic heterocycles. The van der Waals surface area contributed by atoms with Gasteiger partial charge in [0.2, 0.25) is 30.0 Å². The van der Waals surface area contributed by atoms with Gasteiger partial charge >= 0.3 is 0 Å². The van der Waals surface area contributed by atoms with Crippen LogP contribution in [0.1, 0.15) is 112 Å². The van der Waals surface area contributed by atoms with Crippen molar-refractivity contribution in [1.29, 1.82) is 0 Å². The lowest BCUT2D eigenvalue weighted by Gasteiger charge is -2.15. The Hall–Kier alpha value is -5.01. The number of aryl methyl sites for hydroxylation is 2. The van der Waals surface area contributed by atoms with Crippen molar-refractivity contribution in [2.75, 3.05) is 5.32 Å². The van der Waals surface area contributed by atoms with Crippen LogP contribution in [0.3, 0.4) is 0 Å². The molecule has 13 nitrogen and oxygen atoms in total. The molecule has 2 radical (unpaired) electrons. The maximum atomic E-state index is 11.5. The number of anilines is 1. The molecule has 14 heteroatoms. The van der Waals surface area contributed by atoms with Crippen LogP contribution in [0.4, 0.5) is 5.69 Å². The van der Waals surface area contributed by atoms with Gasteiger partial charge in [0.1, 0.15) is 6.04 Å². The molecule has 0 aliphatic rings. The molecule has 0 aliphatic carbocycles. The lowest BCUT2D eigenvalue weighted by Crippen LogP contribution is -2.44. The second-order valence-electron chi connectivity index (χ2n) is 10.3. The molecule has 0 saturated heterocycles. The third-order valence-electron chi connectivity index (χ3n) is 5.81. The van der Waals surface area contributed by atoms with Gasteiger partial charge in [0.15, 0.2) is 7.85 Å². The zero-order chi connectivity index (χ0) is 43.2. The topological polar surface area (TPSA) is 242 Å². The zero-order valence-electron chi connectivity index (χ0n) is 34.3. The van der Waals surface area contributed by atoms with E-state index in [0.29, 0.717) is 18.8 Å². The van der Waals surface area contributed by atoms with E-state index in [0.717, 1.165) is 24.9 Å². The quantitative estimate of drug-likeness (QED) is 0.127. The molecule has 0 fully saturated rings. The fraction of sp³-hybridized carbons (Fsp3) is 0.513. The molecule has 0 saturated carbocycles. The van der Waals surface area contributed by atoms with Crippen molar-refractivity contribution in [3.63, 3.8) is 0 Å². The monoisotopic (exact) mass is 748 g/mol. The lowest BCUT2D eigenvalue weighted by molar-refractivity contribution is -0.128. The third-order valence-corrected chi connectivity index (χ3v) is 5.81. The first-order chi connectivity index (χ1) is 25.0. The molecule has 302 valence electrons. The van der Waals surface area contributed by atoms with E-state index < -0.39 is 11.9 Å². The van der Waals surface area contributed by atoms with Crippen LogP contribution in [-0.4, -0.2) is 61.7 Å². The summed E-state index contributed by atoms with van der Waals surface area (Å²) in [4.78, 5) is 68.7. The molecule has 2 rings (SSSR count). The molecule has 0 spiro atoms. The van der Waals surface area contributed by atoms with Crippen LogP contribution in [0.5, 0.6) is 0 Å². The first-order valence-electron chi connectivity index (χ1n) is 17.6. The predicted molar refractivity (Wildman–Crippen MR) is 220 cm³/mol. The van der Waals surface area contributed by atoms with Crippen molar-refractivity contribution in [2.45, 2.75) is 121 Å². The Morgan fingerprint density at radius 1 is 0.811 bits per heavy atom. The number of nitrogens with two attached hydrogens (primary N) is 3. The van der Waals surface area contributed by atoms with Crippen LogP contribution in [-0.2, 0) is 33.6 Å². The Balaban J connectivity index is -0.000000101. The fourth-order valence-corrected chi connectivity index (χ4v) is 2.91. The Morgan fingerprint density at radius 2 is 1.19 bits per heavy atom. The summed E-state index contributed by atoms with van der Waals surface area (Å²) in [6, 6.07) is 17.6. The van der Waals surface area contributed by atoms with Crippen LogP contribution in [0.2, 0.25) is 0 Å². The highest BCUT2D eigenvalue weighted by molar-refractivity contribution is 6.48. The molecule has 53 heavy (non-hydrogen) atoms. The van der Waals surface area contributed by atoms with Crippen LogP contribution >= 0.6 is 0 Å². The van der Waals surface area contributed by atoms with Gasteiger partial charge < -0.3 is 37.7 Å². The molecular weight excluding hydrogens is 677 g/mol. The van der Waals surface area contributed by atoms with Crippen LogP contribution in [0.15, 0.2) is 54.6 Å². The van der Waals surface area contributed by atoms with Gasteiger partial charge in [-0.2, -0.15) is 0 Å². The van der Waals surface area contributed by atoms with Crippen molar-refractivity contribution in [2.24, 2.45) is 29.0 Å². The summed E-state index contributed by atoms with van der Waals surface area (Å²) in [6.45, 7) is 23.1. The SMILES string of the molecule is CC.CC.CC(N)=O.CCC(C)C(=O)Nc1ccc(C)cc1.CCCC(NC(=O)CC(C)CC)C(N)=O.Cc1ccccc1.NC=O.O=CO.[B]C=O. The van der Waals surface area contributed by atoms with Crippen molar-refractivity contribution >= 4 is 56.2 Å². The number of rotatable bonds is 10. The molecule has 2 aromatic carbocycles. The number of hydrogen-bond acceptors (Lipinski definition) is 7. The smallest absolute Gasteiger partial charge is 0.290 e. The normalized spacial score (nSPS) is 9.81. The van der Waals surface area contributed by atoms with Gasteiger partial charge in [0.05, 0.1) is 6.19 Å². The molecule has 3 atom stereocenters. The summed E-state index contributed by atoms with van der Waals surface area (Å²) in [6.07, 6.45) is 4.24. The molecule has 2 aromatic rings. The maximum absolute atomic E-state index is 11.5. The first-order valence-corrected chi connectivity index (χ1v) is 17.6. The van der Waals surface area contributed by atoms with Gasteiger partial charge in [0.25, 0.3) is 6.47 Å².